The van der Waals surface area contributed by atoms with Gasteiger partial charge in [0.2, 0.25) is 0 Å². The Balaban J connectivity index is 1.72. The molecule has 3 rings (SSSR count). The van der Waals surface area contributed by atoms with E-state index in [1.54, 1.807) is 12.1 Å². The van der Waals surface area contributed by atoms with Gasteiger partial charge in [-0.15, -0.1) is 0 Å². The van der Waals surface area contributed by atoms with E-state index in [2.05, 4.69) is 44.3 Å². The van der Waals surface area contributed by atoms with E-state index in [-0.39, 0.29) is 11.0 Å². The first-order valence-electron chi connectivity index (χ1n) is 6.87. The van der Waals surface area contributed by atoms with Crippen LogP contribution in [0.25, 0.3) is 10.2 Å². The van der Waals surface area contributed by atoms with E-state index < -0.39 is 0 Å². The predicted octanol–water partition coefficient (Wildman–Crippen LogP) is 4.99. The van der Waals surface area contributed by atoms with Gasteiger partial charge in [-0.2, -0.15) is 0 Å². The maximum Gasteiger partial charge on any atom is 0.258 e. The second-order valence-corrected chi connectivity index (χ2v) is 8.11. The van der Waals surface area contributed by atoms with Crippen LogP contribution in [0, 0.1) is 10.5 Å². The van der Waals surface area contributed by atoms with Crippen LogP contribution in [0.2, 0.25) is 5.02 Å². The number of rotatable bonds is 2. The molecule has 0 atom stereocenters. The third-order valence-electron chi connectivity index (χ3n) is 3.16. The normalized spacial score (nSPS) is 10.6. The minimum atomic E-state index is -0.354. The van der Waals surface area contributed by atoms with Gasteiger partial charge in [0.05, 0.1) is 20.8 Å². The molecule has 0 saturated carbocycles. The molecule has 0 spiro atoms. The molecule has 2 N–H and O–H groups in total. The lowest BCUT2D eigenvalue weighted by atomic mass is 10.2. The number of fused-ring (bicyclic) bond motifs is 1. The number of carbonyl (C=O) groups is 1. The Morgan fingerprint density at radius 3 is 2.88 bits per heavy atom. The van der Waals surface area contributed by atoms with Gasteiger partial charge in [-0.25, -0.2) is 4.98 Å². The number of thiocarbonyl (C=S) groups is 1. The zero-order valence-corrected chi connectivity index (χ0v) is 16.9. The van der Waals surface area contributed by atoms with E-state index in [9.17, 15) is 4.79 Å². The average molecular weight is 488 g/mol. The number of carbonyl (C=O) groups excluding carboxylic acids is 1. The summed E-state index contributed by atoms with van der Waals surface area (Å²) in [6, 6.07) is 11.3. The smallest absolute Gasteiger partial charge is 0.258 e. The van der Waals surface area contributed by atoms with Crippen molar-refractivity contribution < 1.29 is 4.79 Å². The van der Waals surface area contributed by atoms with Crippen LogP contribution in [-0.4, -0.2) is 16.0 Å². The van der Waals surface area contributed by atoms with Crippen molar-refractivity contribution in [1.29, 1.82) is 0 Å². The van der Waals surface area contributed by atoms with Crippen LogP contribution in [0.4, 0.5) is 5.13 Å². The van der Waals surface area contributed by atoms with Gasteiger partial charge < -0.3 is 5.32 Å². The molecule has 0 bridgehead atoms. The van der Waals surface area contributed by atoms with Crippen molar-refractivity contribution in [3.8, 4) is 0 Å². The van der Waals surface area contributed by atoms with Gasteiger partial charge in [0.1, 0.15) is 0 Å². The van der Waals surface area contributed by atoms with Crippen LogP contribution in [-0.2, 0) is 0 Å². The Morgan fingerprint density at radius 2 is 2.08 bits per heavy atom. The first-order valence-corrected chi connectivity index (χ1v) is 9.55. The van der Waals surface area contributed by atoms with E-state index in [4.69, 9.17) is 23.8 Å². The van der Waals surface area contributed by atoms with Crippen molar-refractivity contribution in [2.45, 2.75) is 6.92 Å². The van der Waals surface area contributed by atoms with Crippen molar-refractivity contribution in [3.05, 3.63) is 56.1 Å². The first kappa shape index (κ1) is 17.5. The third-order valence-corrected chi connectivity index (χ3v) is 5.30. The largest absolute Gasteiger partial charge is 0.308 e. The molecule has 0 fully saturated rings. The number of thiazole rings is 1. The Morgan fingerprint density at radius 1 is 1.29 bits per heavy atom. The van der Waals surface area contributed by atoms with Gasteiger partial charge in [-0.05, 0) is 77.6 Å². The summed E-state index contributed by atoms with van der Waals surface area (Å²) >= 11 is 14.9. The molecule has 0 aliphatic heterocycles. The maximum atomic E-state index is 12.3. The molecule has 1 amide bonds. The van der Waals surface area contributed by atoms with Crippen molar-refractivity contribution >= 4 is 84.1 Å². The summed E-state index contributed by atoms with van der Waals surface area (Å²) in [5.41, 5.74) is 2.44. The van der Waals surface area contributed by atoms with E-state index in [1.807, 2.05) is 25.1 Å². The lowest BCUT2D eigenvalue weighted by Crippen LogP contribution is -2.34. The summed E-state index contributed by atoms with van der Waals surface area (Å²) in [4.78, 5) is 16.7. The number of anilines is 1. The summed E-state index contributed by atoms with van der Waals surface area (Å²) in [6.07, 6.45) is 0. The molecule has 0 radical (unpaired) electrons. The van der Waals surface area contributed by atoms with Crippen molar-refractivity contribution in [2.75, 3.05) is 5.32 Å². The van der Waals surface area contributed by atoms with Crippen LogP contribution < -0.4 is 10.6 Å². The Bertz CT molecular complexity index is 958. The highest BCUT2D eigenvalue weighted by Gasteiger charge is 2.13. The molecular formula is C16H11ClIN3OS2. The summed E-state index contributed by atoms with van der Waals surface area (Å²) in [6.45, 7) is 2.03. The molecular weight excluding hydrogens is 477 g/mol. The number of nitrogens with one attached hydrogen (secondary N) is 2. The summed E-state index contributed by atoms with van der Waals surface area (Å²) < 4.78 is 1.98. The van der Waals surface area contributed by atoms with E-state index in [1.165, 1.54) is 16.9 Å². The number of aryl methyl sites for hydroxylation is 1. The molecule has 0 aliphatic rings. The fourth-order valence-corrected chi connectivity index (χ4v) is 3.97. The van der Waals surface area contributed by atoms with Crippen LogP contribution in [0.5, 0.6) is 0 Å². The maximum absolute atomic E-state index is 12.3. The summed E-state index contributed by atoms with van der Waals surface area (Å²) in [5, 5.41) is 6.78. The van der Waals surface area contributed by atoms with Crippen LogP contribution in [0.3, 0.4) is 0 Å². The quantitative estimate of drug-likeness (QED) is 0.395. The molecule has 24 heavy (non-hydrogen) atoms. The third kappa shape index (κ3) is 4.02. The number of aromatic nitrogens is 1. The summed E-state index contributed by atoms with van der Waals surface area (Å²) in [5.74, 6) is -0.354. The fourth-order valence-electron chi connectivity index (χ4n) is 2.06. The SMILES string of the molecule is Cc1ccc2nc(NC(=S)NC(=O)c3cc(I)ccc3Cl)sc2c1. The van der Waals surface area contributed by atoms with Gasteiger partial charge in [0.25, 0.3) is 5.91 Å². The molecule has 3 aromatic rings. The van der Waals surface area contributed by atoms with Crippen LogP contribution in [0.15, 0.2) is 36.4 Å². The second-order valence-electron chi connectivity index (χ2n) is 5.02. The van der Waals surface area contributed by atoms with Gasteiger partial charge in [-0.1, -0.05) is 29.0 Å². The first-order chi connectivity index (χ1) is 11.4. The van der Waals surface area contributed by atoms with E-state index in [0.717, 1.165) is 13.8 Å². The highest BCUT2D eigenvalue weighted by molar-refractivity contribution is 14.1. The average Bonchev–Trinajstić information content (AvgIpc) is 2.90. The lowest BCUT2D eigenvalue weighted by Gasteiger charge is -2.08. The zero-order valence-electron chi connectivity index (χ0n) is 12.4. The van der Waals surface area contributed by atoms with Gasteiger partial charge in [0.15, 0.2) is 10.2 Å². The van der Waals surface area contributed by atoms with Crippen molar-refractivity contribution in [3.63, 3.8) is 0 Å². The number of nitrogens with zero attached hydrogens (tertiary/aromatic N) is 1. The number of amides is 1. The topological polar surface area (TPSA) is 54.0 Å². The van der Waals surface area contributed by atoms with Crippen LogP contribution >= 0.6 is 57.7 Å². The standard InChI is InChI=1S/C16H11ClIN3OS2/c1-8-2-5-12-13(6-8)24-16(19-12)21-15(23)20-14(22)10-7-9(18)3-4-11(10)17/h2-7H,1H3,(H2,19,20,21,22,23). The zero-order chi connectivity index (χ0) is 17.3. The van der Waals surface area contributed by atoms with Crippen LogP contribution in [0.1, 0.15) is 15.9 Å². The Kier molecular flexibility index (Phi) is 5.33. The summed E-state index contributed by atoms with van der Waals surface area (Å²) in [7, 11) is 0. The number of benzene rings is 2. The molecule has 122 valence electrons. The minimum absolute atomic E-state index is 0.186. The predicted molar refractivity (Wildman–Crippen MR) is 112 cm³/mol. The van der Waals surface area contributed by atoms with Crippen molar-refractivity contribution in [2.24, 2.45) is 0 Å². The monoisotopic (exact) mass is 487 g/mol. The molecule has 2 aromatic carbocycles. The van der Waals surface area contributed by atoms with Gasteiger partial charge in [-0.3, -0.25) is 10.1 Å². The van der Waals surface area contributed by atoms with E-state index in [0.29, 0.717) is 15.7 Å². The Labute approximate surface area is 166 Å². The number of halogens is 2. The molecule has 1 heterocycles. The molecule has 1 aromatic heterocycles. The lowest BCUT2D eigenvalue weighted by molar-refractivity contribution is 0.0978. The Hall–Kier alpha value is -1.29. The fraction of sp³-hybridized carbons (Fsp3) is 0.0625. The minimum Gasteiger partial charge on any atom is -0.308 e. The number of hydrogen-bond donors (Lipinski definition) is 2. The highest BCUT2D eigenvalue weighted by Crippen LogP contribution is 2.26. The molecule has 0 unspecified atom stereocenters. The van der Waals surface area contributed by atoms with Gasteiger partial charge >= 0.3 is 0 Å². The highest BCUT2D eigenvalue weighted by atomic mass is 127. The number of hydrogen-bond acceptors (Lipinski definition) is 4. The van der Waals surface area contributed by atoms with E-state index >= 15 is 0 Å². The molecule has 4 nitrogen and oxygen atoms in total. The van der Waals surface area contributed by atoms with Crippen molar-refractivity contribution in [1.82, 2.24) is 10.3 Å². The molecule has 8 heteroatoms. The van der Waals surface area contributed by atoms with Gasteiger partial charge in [0, 0.05) is 3.57 Å². The molecule has 0 aliphatic carbocycles. The molecule has 0 saturated heterocycles. The second kappa shape index (κ2) is 7.30.